The van der Waals surface area contributed by atoms with Crippen LogP contribution in [0.25, 0.3) is 0 Å². The predicted octanol–water partition coefficient (Wildman–Crippen LogP) is 3.95. The van der Waals surface area contributed by atoms with Gasteiger partial charge in [0.15, 0.2) is 0 Å². The van der Waals surface area contributed by atoms with Crippen LogP contribution in [0, 0.1) is 6.92 Å². The smallest absolute Gasteiger partial charge is 0.315 e. The monoisotopic (exact) mass is 312 g/mol. The molecule has 2 rings (SSSR count). The summed E-state index contributed by atoms with van der Waals surface area (Å²) in [5, 5.41) is 5.84. The molecule has 0 aliphatic rings. The van der Waals surface area contributed by atoms with Crippen molar-refractivity contribution in [1.29, 1.82) is 0 Å². The Labute approximate surface area is 137 Å². The zero-order chi connectivity index (χ0) is 16.7. The summed E-state index contributed by atoms with van der Waals surface area (Å²) in [6, 6.07) is 15.5. The highest BCUT2D eigenvalue weighted by Gasteiger charge is 2.14. The minimum atomic E-state index is -0.190. The molecule has 0 aliphatic carbocycles. The predicted molar refractivity (Wildman–Crippen MR) is 92.6 cm³/mol. The lowest BCUT2D eigenvalue weighted by atomic mass is 10.0. The maximum Gasteiger partial charge on any atom is 0.315 e. The lowest BCUT2D eigenvalue weighted by molar-refractivity contribution is 0.237. The molecule has 4 heteroatoms. The van der Waals surface area contributed by atoms with Gasteiger partial charge in [0.05, 0.1) is 12.6 Å². The largest absolute Gasteiger partial charge is 0.494 e. The van der Waals surface area contributed by atoms with E-state index in [9.17, 15) is 4.79 Å². The molecule has 0 bridgehead atoms. The molecule has 0 fully saturated rings. The molecule has 2 aromatic carbocycles. The second kappa shape index (κ2) is 8.22. The lowest BCUT2D eigenvalue weighted by Gasteiger charge is -2.19. The van der Waals surface area contributed by atoms with Gasteiger partial charge < -0.3 is 15.4 Å². The minimum Gasteiger partial charge on any atom is -0.494 e. The number of urea groups is 1. The van der Waals surface area contributed by atoms with Crippen LogP contribution in [0.5, 0.6) is 5.75 Å². The number of aryl methyl sites for hydroxylation is 1. The van der Waals surface area contributed by atoms with Crippen molar-refractivity contribution in [3.8, 4) is 5.75 Å². The summed E-state index contributed by atoms with van der Waals surface area (Å²) in [5.41, 5.74) is 3.20. The van der Waals surface area contributed by atoms with Crippen LogP contribution in [-0.4, -0.2) is 12.6 Å². The van der Waals surface area contributed by atoms with Gasteiger partial charge in [0.2, 0.25) is 0 Å². The number of ether oxygens (including phenoxy) is 1. The van der Waals surface area contributed by atoms with Gasteiger partial charge in [-0.1, -0.05) is 48.0 Å². The molecule has 2 aromatic rings. The molecule has 1 unspecified atom stereocenters. The van der Waals surface area contributed by atoms with Gasteiger partial charge in [-0.2, -0.15) is 0 Å². The zero-order valence-corrected chi connectivity index (χ0v) is 13.9. The van der Waals surface area contributed by atoms with Gasteiger partial charge in [0, 0.05) is 12.1 Å². The van der Waals surface area contributed by atoms with Crippen LogP contribution in [0.2, 0.25) is 0 Å². The average Bonchev–Trinajstić information content (AvgIpc) is 2.55. The molecule has 1 atom stereocenters. The van der Waals surface area contributed by atoms with Crippen molar-refractivity contribution in [3.05, 3.63) is 65.2 Å². The fraction of sp³-hybridized carbons (Fsp3) is 0.316. The fourth-order valence-corrected chi connectivity index (χ4v) is 2.40. The van der Waals surface area contributed by atoms with Crippen LogP contribution >= 0.6 is 0 Å². The molecule has 0 saturated carbocycles. The fourth-order valence-electron chi connectivity index (χ4n) is 2.40. The summed E-state index contributed by atoms with van der Waals surface area (Å²) in [7, 11) is 0. The number of hydrogen-bond acceptors (Lipinski definition) is 2. The highest BCUT2D eigenvalue weighted by molar-refractivity contribution is 5.74. The van der Waals surface area contributed by atoms with Gasteiger partial charge in [-0.05, 0) is 32.4 Å². The standard InChI is InChI=1S/C19H24N2O2/c1-4-23-18-11-10-14(2)12-17(18)15(3)21-19(22)20-13-16-8-6-5-7-9-16/h5-12,15H,4,13H2,1-3H3,(H2,20,21,22). The number of hydrogen-bond donors (Lipinski definition) is 2. The van der Waals surface area contributed by atoms with E-state index in [4.69, 9.17) is 4.74 Å². The summed E-state index contributed by atoms with van der Waals surface area (Å²) >= 11 is 0. The van der Waals surface area contributed by atoms with E-state index in [1.807, 2.05) is 69.3 Å². The van der Waals surface area contributed by atoms with E-state index in [1.54, 1.807) is 0 Å². The molecular weight excluding hydrogens is 288 g/mol. The summed E-state index contributed by atoms with van der Waals surface area (Å²) in [6.45, 7) is 7.05. The van der Waals surface area contributed by atoms with Gasteiger partial charge in [0.1, 0.15) is 5.75 Å². The molecular formula is C19H24N2O2. The molecule has 122 valence electrons. The van der Waals surface area contributed by atoms with Crippen LogP contribution in [0.3, 0.4) is 0 Å². The van der Waals surface area contributed by atoms with Crippen molar-refractivity contribution in [2.45, 2.75) is 33.4 Å². The van der Waals surface area contributed by atoms with Crippen molar-refractivity contribution < 1.29 is 9.53 Å². The first-order valence-corrected chi connectivity index (χ1v) is 7.91. The molecule has 23 heavy (non-hydrogen) atoms. The Kier molecular flexibility index (Phi) is 6.03. The van der Waals surface area contributed by atoms with Crippen LogP contribution in [0.4, 0.5) is 4.79 Å². The van der Waals surface area contributed by atoms with E-state index < -0.39 is 0 Å². The Bertz CT molecular complexity index is 641. The molecule has 0 saturated heterocycles. The zero-order valence-electron chi connectivity index (χ0n) is 13.9. The second-order valence-electron chi connectivity index (χ2n) is 5.51. The Morgan fingerprint density at radius 1 is 1.17 bits per heavy atom. The van der Waals surface area contributed by atoms with E-state index in [-0.39, 0.29) is 12.1 Å². The molecule has 4 nitrogen and oxygen atoms in total. The first kappa shape index (κ1) is 16.9. The van der Waals surface area contributed by atoms with E-state index in [1.165, 1.54) is 0 Å². The van der Waals surface area contributed by atoms with Crippen LogP contribution < -0.4 is 15.4 Å². The van der Waals surface area contributed by atoms with Crippen LogP contribution in [0.1, 0.15) is 36.6 Å². The Hall–Kier alpha value is -2.49. The van der Waals surface area contributed by atoms with Crippen molar-refractivity contribution in [1.82, 2.24) is 10.6 Å². The van der Waals surface area contributed by atoms with E-state index in [0.29, 0.717) is 13.2 Å². The van der Waals surface area contributed by atoms with E-state index in [2.05, 4.69) is 10.6 Å². The molecule has 0 spiro atoms. The normalized spacial score (nSPS) is 11.6. The summed E-state index contributed by atoms with van der Waals surface area (Å²) in [5.74, 6) is 0.814. The lowest BCUT2D eigenvalue weighted by Crippen LogP contribution is -2.36. The third kappa shape index (κ3) is 5.02. The number of benzene rings is 2. The topological polar surface area (TPSA) is 50.4 Å². The number of amides is 2. The first-order valence-electron chi connectivity index (χ1n) is 7.91. The van der Waals surface area contributed by atoms with Gasteiger partial charge in [-0.25, -0.2) is 4.79 Å². The Morgan fingerprint density at radius 3 is 2.61 bits per heavy atom. The van der Waals surface area contributed by atoms with Crippen LogP contribution in [0.15, 0.2) is 48.5 Å². The number of carbonyl (C=O) groups is 1. The third-order valence-corrected chi connectivity index (χ3v) is 3.58. The molecule has 0 aromatic heterocycles. The molecule has 2 N–H and O–H groups in total. The van der Waals surface area contributed by atoms with E-state index in [0.717, 1.165) is 22.4 Å². The van der Waals surface area contributed by atoms with Crippen molar-refractivity contribution in [2.75, 3.05) is 6.61 Å². The highest BCUT2D eigenvalue weighted by Crippen LogP contribution is 2.26. The number of rotatable bonds is 6. The maximum atomic E-state index is 12.1. The highest BCUT2D eigenvalue weighted by atomic mass is 16.5. The number of nitrogens with one attached hydrogen (secondary N) is 2. The molecule has 0 aliphatic heterocycles. The third-order valence-electron chi connectivity index (χ3n) is 3.58. The Morgan fingerprint density at radius 2 is 1.91 bits per heavy atom. The van der Waals surface area contributed by atoms with E-state index >= 15 is 0 Å². The summed E-state index contributed by atoms with van der Waals surface area (Å²) in [4.78, 5) is 12.1. The van der Waals surface area contributed by atoms with Gasteiger partial charge in [-0.15, -0.1) is 0 Å². The molecule has 2 amide bonds. The van der Waals surface area contributed by atoms with Crippen LogP contribution in [-0.2, 0) is 6.54 Å². The second-order valence-corrected chi connectivity index (χ2v) is 5.51. The number of carbonyl (C=O) groups excluding carboxylic acids is 1. The summed E-state index contributed by atoms with van der Waals surface area (Å²) in [6.07, 6.45) is 0. The quantitative estimate of drug-likeness (QED) is 0.848. The van der Waals surface area contributed by atoms with Crippen molar-refractivity contribution in [2.24, 2.45) is 0 Å². The minimum absolute atomic E-state index is 0.132. The Balaban J connectivity index is 1.96. The van der Waals surface area contributed by atoms with Crippen molar-refractivity contribution >= 4 is 6.03 Å². The van der Waals surface area contributed by atoms with Gasteiger partial charge >= 0.3 is 6.03 Å². The molecule has 0 heterocycles. The maximum absolute atomic E-state index is 12.1. The first-order chi connectivity index (χ1) is 11.1. The van der Waals surface area contributed by atoms with Crippen molar-refractivity contribution in [3.63, 3.8) is 0 Å². The van der Waals surface area contributed by atoms with Gasteiger partial charge in [0.25, 0.3) is 0 Å². The van der Waals surface area contributed by atoms with Gasteiger partial charge in [-0.3, -0.25) is 0 Å². The average molecular weight is 312 g/mol. The summed E-state index contributed by atoms with van der Waals surface area (Å²) < 4.78 is 5.65. The SMILES string of the molecule is CCOc1ccc(C)cc1C(C)NC(=O)NCc1ccccc1. The molecule has 0 radical (unpaired) electrons.